The van der Waals surface area contributed by atoms with Crippen LogP contribution in [-0.4, -0.2) is 42.5 Å². The fraction of sp³-hybridized carbons (Fsp3) is 0.185. The van der Waals surface area contributed by atoms with Crippen LogP contribution in [0.25, 0.3) is 22.3 Å². The number of para-hydroxylation sites is 1. The zero-order valence-electron chi connectivity index (χ0n) is 20.3. The predicted molar refractivity (Wildman–Crippen MR) is 139 cm³/mol. The Balaban J connectivity index is 1.57. The Morgan fingerprint density at radius 2 is 1.77 bits per heavy atom. The molecule has 1 aliphatic rings. The van der Waals surface area contributed by atoms with Crippen LogP contribution in [0, 0.1) is 0 Å². The van der Waals surface area contributed by atoms with Crippen molar-refractivity contribution in [3.63, 3.8) is 0 Å². The molecule has 1 N–H and O–H groups in total. The molecule has 0 bridgehead atoms. The van der Waals surface area contributed by atoms with Gasteiger partial charge in [0.2, 0.25) is 10.0 Å². The van der Waals surface area contributed by atoms with Crippen LogP contribution in [0.2, 0.25) is 5.02 Å². The fourth-order valence-electron chi connectivity index (χ4n) is 4.53. The minimum atomic E-state index is -4.76. The Kier molecular flexibility index (Phi) is 7.11. The topological polar surface area (TPSA) is 114 Å². The Labute approximate surface area is 230 Å². The molecule has 1 aliphatic heterocycles. The van der Waals surface area contributed by atoms with Gasteiger partial charge in [-0.15, -0.1) is 0 Å². The molecule has 0 spiro atoms. The number of alkyl halides is 3. The predicted octanol–water partition coefficient (Wildman–Crippen LogP) is 5.43. The number of hydrogen-bond acceptors (Lipinski definition) is 6. The number of rotatable bonds is 6. The van der Waals surface area contributed by atoms with E-state index in [4.69, 9.17) is 20.8 Å². The summed E-state index contributed by atoms with van der Waals surface area (Å²) in [6, 6.07) is 13.7. The fourth-order valence-corrected chi connectivity index (χ4v) is 6.39. The van der Waals surface area contributed by atoms with Crippen molar-refractivity contribution >= 4 is 38.6 Å². The zero-order chi connectivity index (χ0) is 28.8. The van der Waals surface area contributed by atoms with Gasteiger partial charge in [0.15, 0.2) is 11.0 Å². The van der Waals surface area contributed by atoms with E-state index in [-0.39, 0.29) is 44.4 Å². The molecule has 208 valence electrons. The van der Waals surface area contributed by atoms with Crippen molar-refractivity contribution in [2.45, 2.75) is 29.6 Å². The van der Waals surface area contributed by atoms with Crippen molar-refractivity contribution in [3.05, 3.63) is 93.6 Å². The average molecular weight is 594 g/mol. The molecule has 5 rings (SSSR count). The Bertz CT molecular complexity index is 1770. The standard InChI is InChI=1S/C27H19ClF3NO7S/c28-20-8-4-7-18-22(33)13-24(39-25(18)20)19-10-9-15(27(29,30)31)11-23(19)38-16-12-21(26(34)35)32(14-16)40(36,37)17-5-2-1-3-6-17/h1-11,13,16,21H,12,14H2,(H,34,35). The molecule has 3 aromatic carbocycles. The lowest BCUT2D eigenvalue weighted by Crippen LogP contribution is -2.40. The van der Waals surface area contributed by atoms with Crippen molar-refractivity contribution in [3.8, 4) is 17.1 Å². The molecular formula is C27H19ClF3NO7S. The first-order valence-corrected chi connectivity index (χ1v) is 13.6. The molecule has 13 heteroatoms. The third-order valence-corrected chi connectivity index (χ3v) is 8.61. The van der Waals surface area contributed by atoms with E-state index in [0.29, 0.717) is 6.07 Å². The lowest BCUT2D eigenvalue weighted by Gasteiger charge is -2.21. The minimum Gasteiger partial charge on any atom is -0.488 e. The Morgan fingerprint density at radius 3 is 2.45 bits per heavy atom. The molecular weight excluding hydrogens is 575 g/mol. The van der Waals surface area contributed by atoms with Crippen LogP contribution in [-0.2, 0) is 21.0 Å². The van der Waals surface area contributed by atoms with Gasteiger partial charge in [0, 0.05) is 12.5 Å². The summed E-state index contributed by atoms with van der Waals surface area (Å²) in [5.41, 5.74) is -1.60. The summed E-state index contributed by atoms with van der Waals surface area (Å²) in [4.78, 5) is 24.6. The first kappa shape index (κ1) is 27.7. The largest absolute Gasteiger partial charge is 0.488 e. The second-order valence-electron chi connectivity index (χ2n) is 9.02. The molecule has 2 atom stereocenters. The lowest BCUT2D eigenvalue weighted by molar-refractivity contribution is -0.140. The van der Waals surface area contributed by atoms with Gasteiger partial charge >= 0.3 is 12.1 Å². The summed E-state index contributed by atoms with van der Waals surface area (Å²) >= 11 is 6.18. The third-order valence-electron chi connectivity index (χ3n) is 6.43. The van der Waals surface area contributed by atoms with Crippen LogP contribution in [0.15, 0.2) is 86.9 Å². The van der Waals surface area contributed by atoms with Crippen LogP contribution in [0.3, 0.4) is 0 Å². The monoisotopic (exact) mass is 593 g/mol. The minimum absolute atomic E-state index is 0.0180. The maximum Gasteiger partial charge on any atom is 0.416 e. The highest BCUT2D eigenvalue weighted by Gasteiger charge is 2.45. The number of carbonyl (C=O) groups is 1. The number of hydrogen-bond donors (Lipinski definition) is 1. The number of aliphatic carboxylic acids is 1. The molecule has 8 nitrogen and oxygen atoms in total. The summed E-state index contributed by atoms with van der Waals surface area (Å²) < 4.78 is 79.6. The quantitative estimate of drug-likeness (QED) is 0.317. The van der Waals surface area contributed by atoms with E-state index in [1.54, 1.807) is 12.1 Å². The van der Waals surface area contributed by atoms with E-state index in [9.17, 15) is 36.3 Å². The number of carboxylic acid groups (broad SMARTS) is 1. The van der Waals surface area contributed by atoms with E-state index < -0.39 is 51.9 Å². The van der Waals surface area contributed by atoms with E-state index >= 15 is 0 Å². The van der Waals surface area contributed by atoms with Crippen LogP contribution >= 0.6 is 11.6 Å². The maximum absolute atomic E-state index is 13.6. The summed E-state index contributed by atoms with van der Waals surface area (Å²) in [5, 5.41) is 10.0. The van der Waals surface area contributed by atoms with Crippen LogP contribution < -0.4 is 10.2 Å². The van der Waals surface area contributed by atoms with E-state index in [1.165, 1.54) is 36.4 Å². The summed E-state index contributed by atoms with van der Waals surface area (Å²) in [6.45, 7) is -0.447. The van der Waals surface area contributed by atoms with Crippen LogP contribution in [0.4, 0.5) is 13.2 Å². The average Bonchev–Trinajstić information content (AvgIpc) is 3.34. The summed E-state index contributed by atoms with van der Waals surface area (Å²) in [6.07, 6.45) is -6.24. The van der Waals surface area contributed by atoms with E-state index in [2.05, 4.69) is 0 Å². The highest BCUT2D eigenvalue weighted by molar-refractivity contribution is 7.89. The number of ether oxygens (including phenoxy) is 1. The molecule has 0 radical (unpaired) electrons. The molecule has 0 amide bonds. The van der Waals surface area contributed by atoms with Gasteiger partial charge in [0.25, 0.3) is 0 Å². The van der Waals surface area contributed by atoms with Gasteiger partial charge in [-0.25, -0.2) is 8.42 Å². The molecule has 0 saturated carbocycles. The summed E-state index contributed by atoms with van der Waals surface area (Å²) in [5.74, 6) is -1.96. The Morgan fingerprint density at radius 1 is 1.05 bits per heavy atom. The molecule has 1 saturated heterocycles. The van der Waals surface area contributed by atoms with Crippen LogP contribution in [0.5, 0.6) is 5.75 Å². The number of halogens is 4. The smallest absolute Gasteiger partial charge is 0.416 e. The van der Waals surface area contributed by atoms with Crippen LogP contribution in [0.1, 0.15) is 12.0 Å². The highest BCUT2D eigenvalue weighted by atomic mass is 35.5. The second kappa shape index (κ2) is 10.3. The summed E-state index contributed by atoms with van der Waals surface area (Å²) in [7, 11) is -4.27. The van der Waals surface area contributed by atoms with Crippen molar-refractivity contribution < 1.29 is 40.6 Å². The molecule has 1 fully saturated rings. The number of fused-ring (bicyclic) bond motifs is 1. The first-order valence-electron chi connectivity index (χ1n) is 11.8. The number of sulfonamides is 1. The molecule has 2 unspecified atom stereocenters. The molecule has 1 aromatic heterocycles. The van der Waals surface area contributed by atoms with Gasteiger partial charge < -0.3 is 14.3 Å². The highest BCUT2D eigenvalue weighted by Crippen LogP contribution is 2.40. The van der Waals surface area contributed by atoms with Crippen molar-refractivity contribution in [2.75, 3.05) is 6.54 Å². The number of benzene rings is 3. The van der Waals surface area contributed by atoms with Crippen molar-refractivity contribution in [1.29, 1.82) is 0 Å². The maximum atomic E-state index is 13.6. The zero-order valence-corrected chi connectivity index (χ0v) is 21.8. The SMILES string of the molecule is O=C(O)C1CC(Oc2cc(C(F)(F)F)ccc2-c2cc(=O)c3cccc(Cl)c3o2)CN1S(=O)(=O)c1ccccc1. The van der Waals surface area contributed by atoms with E-state index in [0.717, 1.165) is 22.5 Å². The van der Waals surface area contributed by atoms with Gasteiger partial charge in [0.1, 0.15) is 23.7 Å². The second-order valence-corrected chi connectivity index (χ2v) is 11.3. The van der Waals surface area contributed by atoms with Gasteiger partial charge in [-0.3, -0.25) is 9.59 Å². The molecule has 4 aromatic rings. The number of carboxylic acids is 1. The van der Waals surface area contributed by atoms with Crippen molar-refractivity contribution in [2.24, 2.45) is 0 Å². The van der Waals surface area contributed by atoms with E-state index in [1.807, 2.05) is 0 Å². The third kappa shape index (κ3) is 5.17. The van der Waals surface area contributed by atoms with Gasteiger partial charge in [-0.1, -0.05) is 35.9 Å². The number of nitrogens with zero attached hydrogens (tertiary/aromatic N) is 1. The van der Waals surface area contributed by atoms with Gasteiger partial charge in [-0.2, -0.15) is 17.5 Å². The van der Waals surface area contributed by atoms with Crippen molar-refractivity contribution in [1.82, 2.24) is 4.31 Å². The molecule has 2 heterocycles. The van der Waals surface area contributed by atoms with Gasteiger partial charge in [0.05, 0.1) is 33.0 Å². The lowest BCUT2D eigenvalue weighted by atomic mass is 10.1. The molecule has 0 aliphatic carbocycles. The van der Waals surface area contributed by atoms with Gasteiger partial charge in [-0.05, 0) is 42.5 Å². The first-order chi connectivity index (χ1) is 18.9. The Hall–Kier alpha value is -3.87. The normalized spacial score (nSPS) is 18.2. The molecule has 40 heavy (non-hydrogen) atoms.